The summed E-state index contributed by atoms with van der Waals surface area (Å²) in [7, 11) is 1.74. The Morgan fingerprint density at radius 1 is 1.56 bits per heavy atom. The lowest BCUT2D eigenvalue weighted by molar-refractivity contribution is 0.0948. The molecular weight excluding hydrogens is 234 g/mol. The Kier molecular flexibility index (Phi) is 3.22. The van der Waals surface area contributed by atoms with Gasteiger partial charge in [-0.05, 0) is 6.92 Å². The molecular formula is C11H13N5O2. The number of rotatable bonds is 3. The van der Waals surface area contributed by atoms with Gasteiger partial charge in [0.05, 0.1) is 6.54 Å². The summed E-state index contributed by atoms with van der Waals surface area (Å²) >= 11 is 0. The quantitative estimate of drug-likeness (QED) is 0.781. The highest BCUT2D eigenvalue weighted by molar-refractivity contribution is 5.93. The molecule has 0 saturated carbocycles. The van der Waals surface area contributed by atoms with Crippen LogP contribution in [0.2, 0.25) is 0 Å². The van der Waals surface area contributed by atoms with Gasteiger partial charge < -0.3 is 10.3 Å². The number of nitrogens with zero attached hydrogens (tertiary/aromatic N) is 3. The van der Waals surface area contributed by atoms with E-state index < -0.39 is 5.91 Å². The van der Waals surface area contributed by atoms with Crippen molar-refractivity contribution in [1.29, 1.82) is 0 Å². The van der Waals surface area contributed by atoms with Crippen LogP contribution >= 0.6 is 0 Å². The number of hydrogen-bond donors (Lipinski definition) is 2. The summed E-state index contributed by atoms with van der Waals surface area (Å²) in [6.45, 7) is 1.94. The lowest BCUT2D eigenvalue weighted by Gasteiger charge is -2.02. The highest BCUT2D eigenvalue weighted by atomic mass is 16.2. The number of aromatic nitrogens is 4. The largest absolute Gasteiger partial charge is 0.364 e. The van der Waals surface area contributed by atoms with Crippen LogP contribution in [0.25, 0.3) is 0 Å². The average Bonchev–Trinajstić information content (AvgIpc) is 2.72. The lowest BCUT2D eigenvalue weighted by Crippen LogP contribution is -2.28. The van der Waals surface area contributed by atoms with Gasteiger partial charge >= 0.3 is 0 Å². The number of carbonyl (C=O) groups excluding carboxylic acids is 1. The van der Waals surface area contributed by atoms with Gasteiger partial charge in [0.15, 0.2) is 11.3 Å². The normalized spacial score (nSPS) is 10.3. The molecule has 0 radical (unpaired) electrons. The first-order chi connectivity index (χ1) is 8.56. The van der Waals surface area contributed by atoms with Gasteiger partial charge in [-0.3, -0.25) is 14.3 Å². The molecule has 0 spiro atoms. The number of carbonyl (C=O) groups is 1. The van der Waals surface area contributed by atoms with Gasteiger partial charge in [-0.25, -0.2) is 4.98 Å². The van der Waals surface area contributed by atoms with Crippen LogP contribution < -0.4 is 10.7 Å². The Morgan fingerprint density at radius 3 is 2.94 bits per heavy atom. The first-order valence-corrected chi connectivity index (χ1v) is 5.38. The van der Waals surface area contributed by atoms with E-state index in [4.69, 9.17) is 0 Å². The number of aryl methyl sites for hydroxylation is 2. The molecule has 0 aromatic carbocycles. The molecule has 2 rings (SSSR count). The summed E-state index contributed by atoms with van der Waals surface area (Å²) in [5, 5.41) is 6.61. The molecule has 1 amide bonds. The van der Waals surface area contributed by atoms with Crippen LogP contribution in [-0.4, -0.2) is 25.7 Å². The third-order valence-corrected chi connectivity index (χ3v) is 2.36. The van der Waals surface area contributed by atoms with Crippen molar-refractivity contribution in [2.24, 2.45) is 7.05 Å². The van der Waals surface area contributed by atoms with Crippen molar-refractivity contribution in [3.05, 3.63) is 45.9 Å². The van der Waals surface area contributed by atoms with Gasteiger partial charge in [-0.2, -0.15) is 5.10 Å². The van der Waals surface area contributed by atoms with Gasteiger partial charge in [0.2, 0.25) is 0 Å². The molecule has 0 bridgehead atoms. The van der Waals surface area contributed by atoms with E-state index in [1.54, 1.807) is 25.0 Å². The van der Waals surface area contributed by atoms with Crippen LogP contribution in [0.3, 0.4) is 0 Å². The Morgan fingerprint density at radius 2 is 2.33 bits per heavy atom. The van der Waals surface area contributed by atoms with Crippen LogP contribution in [0.5, 0.6) is 0 Å². The third kappa shape index (κ3) is 2.62. The SMILES string of the molecule is Cc1cc(=O)c(C(=O)NCc2ncn(C)n2)c[nH]1. The van der Waals surface area contributed by atoms with Crippen molar-refractivity contribution >= 4 is 5.91 Å². The minimum Gasteiger partial charge on any atom is -0.364 e. The second kappa shape index (κ2) is 4.82. The zero-order chi connectivity index (χ0) is 13.1. The first-order valence-electron chi connectivity index (χ1n) is 5.38. The number of H-pyrrole nitrogens is 1. The van der Waals surface area contributed by atoms with Crippen molar-refractivity contribution in [2.45, 2.75) is 13.5 Å². The third-order valence-electron chi connectivity index (χ3n) is 2.36. The molecule has 2 N–H and O–H groups in total. The van der Waals surface area contributed by atoms with E-state index in [9.17, 15) is 9.59 Å². The van der Waals surface area contributed by atoms with Crippen molar-refractivity contribution in [3.63, 3.8) is 0 Å². The minimum absolute atomic E-state index is 0.0801. The van der Waals surface area contributed by atoms with Gasteiger partial charge in [0.25, 0.3) is 5.91 Å². The highest BCUT2D eigenvalue weighted by Crippen LogP contribution is 1.94. The Bertz CT molecular complexity index is 628. The highest BCUT2D eigenvalue weighted by Gasteiger charge is 2.10. The van der Waals surface area contributed by atoms with Crippen LogP contribution in [-0.2, 0) is 13.6 Å². The fraction of sp³-hybridized carbons (Fsp3) is 0.273. The summed E-state index contributed by atoms with van der Waals surface area (Å²) in [5.74, 6) is 0.0538. The average molecular weight is 247 g/mol. The van der Waals surface area contributed by atoms with Crippen molar-refractivity contribution < 1.29 is 4.79 Å². The van der Waals surface area contributed by atoms with Crippen molar-refractivity contribution in [3.8, 4) is 0 Å². The number of nitrogens with one attached hydrogen (secondary N) is 2. The van der Waals surface area contributed by atoms with Crippen LogP contribution in [0, 0.1) is 6.92 Å². The van der Waals surface area contributed by atoms with Gasteiger partial charge in [-0.15, -0.1) is 0 Å². The monoisotopic (exact) mass is 247 g/mol. The Labute approximate surface area is 103 Å². The molecule has 2 aromatic rings. The number of hydrogen-bond acceptors (Lipinski definition) is 4. The summed E-state index contributed by atoms with van der Waals surface area (Å²) < 4.78 is 1.54. The molecule has 0 fully saturated rings. The fourth-order valence-corrected chi connectivity index (χ4v) is 1.47. The maximum absolute atomic E-state index is 11.8. The maximum atomic E-state index is 11.8. The second-order valence-corrected chi connectivity index (χ2v) is 3.91. The Balaban J connectivity index is 2.06. The van der Waals surface area contributed by atoms with E-state index in [1.165, 1.54) is 12.3 Å². The molecule has 7 heteroatoms. The zero-order valence-corrected chi connectivity index (χ0v) is 10.1. The predicted molar refractivity (Wildman–Crippen MR) is 64.0 cm³/mol. The maximum Gasteiger partial charge on any atom is 0.257 e. The smallest absolute Gasteiger partial charge is 0.257 e. The summed E-state index contributed by atoms with van der Waals surface area (Å²) in [6, 6.07) is 1.38. The van der Waals surface area contributed by atoms with Gasteiger partial charge in [0, 0.05) is 25.0 Å². The standard InChI is InChI=1S/C11H13N5O2/c1-7-3-9(17)8(4-12-7)11(18)13-5-10-14-6-16(2)15-10/h3-4,6H,5H2,1-2H3,(H,12,17)(H,13,18). The zero-order valence-electron chi connectivity index (χ0n) is 10.1. The van der Waals surface area contributed by atoms with Crippen LogP contribution in [0.4, 0.5) is 0 Å². The molecule has 0 unspecified atom stereocenters. The van der Waals surface area contributed by atoms with Gasteiger partial charge in [-0.1, -0.05) is 0 Å². The van der Waals surface area contributed by atoms with Crippen LogP contribution in [0.15, 0.2) is 23.4 Å². The van der Waals surface area contributed by atoms with Crippen LogP contribution in [0.1, 0.15) is 21.9 Å². The van der Waals surface area contributed by atoms with E-state index in [0.29, 0.717) is 11.5 Å². The molecule has 0 aliphatic carbocycles. The summed E-state index contributed by atoms with van der Waals surface area (Å²) in [5.41, 5.74) is 0.484. The number of aromatic amines is 1. The predicted octanol–water partition coefficient (Wildman–Crippen LogP) is -0.258. The molecule has 0 aliphatic rings. The molecule has 94 valence electrons. The molecule has 7 nitrogen and oxygen atoms in total. The summed E-state index contributed by atoms with van der Waals surface area (Å²) in [4.78, 5) is 30.1. The van der Waals surface area contributed by atoms with E-state index in [1.807, 2.05) is 0 Å². The molecule has 18 heavy (non-hydrogen) atoms. The molecule has 2 heterocycles. The topological polar surface area (TPSA) is 92.7 Å². The minimum atomic E-state index is -0.441. The summed E-state index contributed by atoms with van der Waals surface area (Å²) in [6.07, 6.45) is 2.94. The number of amides is 1. The van der Waals surface area contributed by atoms with Crippen molar-refractivity contribution in [1.82, 2.24) is 25.1 Å². The lowest BCUT2D eigenvalue weighted by atomic mass is 10.2. The van der Waals surface area contributed by atoms with Crippen molar-refractivity contribution in [2.75, 3.05) is 0 Å². The molecule has 0 saturated heterocycles. The second-order valence-electron chi connectivity index (χ2n) is 3.91. The first kappa shape index (κ1) is 12.0. The van der Waals surface area contributed by atoms with Gasteiger partial charge in [0.1, 0.15) is 11.9 Å². The fourth-order valence-electron chi connectivity index (χ4n) is 1.47. The molecule has 2 aromatic heterocycles. The van der Waals surface area contributed by atoms with E-state index in [2.05, 4.69) is 20.4 Å². The Hall–Kier alpha value is -2.44. The van der Waals surface area contributed by atoms with E-state index in [0.717, 1.165) is 0 Å². The van der Waals surface area contributed by atoms with E-state index >= 15 is 0 Å². The molecule has 0 atom stereocenters. The molecule has 0 aliphatic heterocycles. The number of pyridine rings is 1. The van der Waals surface area contributed by atoms with E-state index in [-0.39, 0.29) is 17.5 Å².